The van der Waals surface area contributed by atoms with Crippen LogP contribution in [0.5, 0.6) is 0 Å². The Labute approximate surface area is 164 Å². The number of nitrogens with zero attached hydrogens (tertiary/aromatic N) is 1. The highest BCUT2D eigenvalue weighted by Gasteiger charge is 2.25. The molecule has 0 fully saturated rings. The van der Waals surface area contributed by atoms with E-state index in [1.165, 1.54) is 29.4 Å². The molecule has 1 aliphatic rings. The number of carboxylic acids is 1. The molecule has 0 saturated carbocycles. The molecular formula is C23H23NO4. The van der Waals surface area contributed by atoms with Crippen LogP contribution in [0, 0.1) is 0 Å². The van der Waals surface area contributed by atoms with Crippen molar-refractivity contribution in [1.29, 1.82) is 0 Å². The third-order valence-corrected chi connectivity index (χ3v) is 4.72. The van der Waals surface area contributed by atoms with Gasteiger partial charge in [-0.1, -0.05) is 84.1 Å². The third-order valence-electron chi connectivity index (χ3n) is 4.72. The summed E-state index contributed by atoms with van der Waals surface area (Å²) >= 11 is 0. The molecule has 5 nitrogen and oxygen atoms in total. The van der Waals surface area contributed by atoms with Crippen LogP contribution < -0.4 is 0 Å². The molecule has 0 radical (unpaired) electrons. The summed E-state index contributed by atoms with van der Waals surface area (Å²) in [6, 6.07) is 25.2. The van der Waals surface area contributed by atoms with E-state index in [0.717, 1.165) is 12.0 Å². The minimum absolute atomic E-state index is 0.181. The van der Waals surface area contributed by atoms with Crippen molar-refractivity contribution in [3.63, 3.8) is 0 Å². The smallest absolute Gasteiger partial charge is 0.326 e. The number of rotatable bonds is 5. The van der Waals surface area contributed by atoms with Crippen LogP contribution in [0.4, 0.5) is 0 Å². The van der Waals surface area contributed by atoms with E-state index in [4.69, 9.17) is 5.11 Å². The Kier molecular flexibility index (Phi) is 6.55. The zero-order valence-electron chi connectivity index (χ0n) is 15.7. The minimum atomic E-state index is -1.14. The van der Waals surface area contributed by atoms with Gasteiger partial charge in [0.15, 0.2) is 6.04 Å². The van der Waals surface area contributed by atoms with Crippen molar-refractivity contribution in [2.24, 2.45) is 0 Å². The van der Waals surface area contributed by atoms with Gasteiger partial charge >= 0.3 is 5.97 Å². The van der Waals surface area contributed by atoms with Gasteiger partial charge in [-0.05, 0) is 34.2 Å². The lowest BCUT2D eigenvalue weighted by molar-refractivity contribution is -0.344. The van der Waals surface area contributed by atoms with Crippen molar-refractivity contribution in [2.75, 3.05) is 7.11 Å². The number of benzene rings is 3. The maximum Gasteiger partial charge on any atom is 0.326 e. The van der Waals surface area contributed by atoms with E-state index in [9.17, 15) is 10.0 Å². The lowest BCUT2D eigenvalue weighted by atomic mass is 10.1. The molecule has 0 aliphatic heterocycles. The van der Waals surface area contributed by atoms with Gasteiger partial charge in [-0.2, -0.15) is 0 Å². The standard InChI is InChI=1S/C13H10.C10H13NO4/c1-3-7-12-10(5-1)9-11-6-2-4-8-13(11)12;1-15-11(14)9(10(12)13)7-8-5-3-2-4-6-8/h1-8H,9H2;2-6,9,14H,7H2,1H3,(H,12,13). The quantitative estimate of drug-likeness (QED) is 0.510. The van der Waals surface area contributed by atoms with Crippen molar-refractivity contribution in [2.45, 2.75) is 18.9 Å². The normalized spacial score (nSPS) is 12.5. The molecule has 2 N–H and O–H groups in total. The molecule has 0 bridgehead atoms. The molecule has 28 heavy (non-hydrogen) atoms. The Morgan fingerprint density at radius 3 is 1.93 bits per heavy atom. The van der Waals surface area contributed by atoms with Gasteiger partial charge in [0.2, 0.25) is 0 Å². The lowest BCUT2D eigenvalue weighted by Crippen LogP contribution is -2.39. The third kappa shape index (κ3) is 4.64. The van der Waals surface area contributed by atoms with Crippen LogP contribution in [0.1, 0.15) is 16.7 Å². The first-order valence-electron chi connectivity index (χ1n) is 9.05. The van der Waals surface area contributed by atoms with Gasteiger partial charge in [-0.25, -0.2) is 0 Å². The molecule has 1 atom stereocenters. The molecule has 1 aliphatic carbocycles. The molecule has 3 aromatic carbocycles. The number of carboxylic acid groups (broad SMARTS) is 1. The molecule has 0 amide bonds. The van der Waals surface area contributed by atoms with Gasteiger partial charge in [0.25, 0.3) is 0 Å². The molecule has 4 rings (SSSR count). The van der Waals surface area contributed by atoms with Gasteiger partial charge in [0.05, 0.1) is 7.11 Å². The van der Waals surface area contributed by atoms with Crippen LogP contribution in [0.2, 0.25) is 0 Å². The molecule has 3 aromatic rings. The van der Waals surface area contributed by atoms with Crippen LogP contribution in [-0.2, 0) is 22.5 Å². The molecule has 0 heterocycles. The van der Waals surface area contributed by atoms with Crippen molar-refractivity contribution >= 4 is 5.97 Å². The zero-order chi connectivity index (χ0) is 19.9. The second-order valence-electron chi connectivity index (χ2n) is 6.52. The summed E-state index contributed by atoms with van der Waals surface area (Å²) in [6.07, 6.45) is 1.28. The van der Waals surface area contributed by atoms with E-state index in [2.05, 4.69) is 53.4 Å². The number of hydrogen-bond donors (Lipinski definition) is 2. The first kappa shape index (κ1) is 19.8. The van der Waals surface area contributed by atoms with Crippen LogP contribution >= 0.6 is 0 Å². The lowest BCUT2D eigenvalue weighted by Gasteiger charge is -2.19. The highest BCUT2D eigenvalue weighted by atomic mass is 16.9. The first-order valence-corrected chi connectivity index (χ1v) is 9.05. The summed E-state index contributed by atoms with van der Waals surface area (Å²) in [7, 11) is 1.21. The SMILES string of the molecule is CON(O)C(Cc1ccccc1)C(=O)O.c1ccc2c(c1)Cc1ccccc1-2. The van der Waals surface area contributed by atoms with Gasteiger partial charge in [0.1, 0.15) is 0 Å². The largest absolute Gasteiger partial charge is 0.480 e. The molecule has 0 spiro atoms. The Balaban J connectivity index is 0.000000162. The van der Waals surface area contributed by atoms with E-state index < -0.39 is 12.0 Å². The van der Waals surface area contributed by atoms with E-state index in [-0.39, 0.29) is 6.42 Å². The second kappa shape index (κ2) is 9.28. The number of hydroxylamine groups is 2. The molecule has 1 unspecified atom stereocenters. The fourth-order valence-corrected chi connectivity index (χ4v) is 3.30. The van der Waals surface area contributed by atoms with E-state index in [0.29, 0.717) is 5.23 Å². The van der Waals surface area contributed by atoms with Gasteiger partial charge in [-0.3, -0.25) is 14.8 Å². The maximum absolute atomic E-state index is 10.8. The van der Waals surface area contributed by atoms with Gasteiger partial charge < -0.3 is 5.11 Å². The first-order chi connectivity index (χ1) is 13.6. The van der Waals surface area contributed by atoms with E-state index in [1.807, 2.05) is 18.2 Å². The number of carbonyl (C=O) groups is 1. The molecule has 0 aromatic heterocycles. The topological polar surface area (TPSA) is 70.0 Å². The van der Waals surface area contributed by atoms with Crippen LogP contribution in [-0.4, -0.2) is 34.7 Å². The highest BCUT2D eigenvalue weighted by Crippen LogP contribution is 2.35. The van der Waals surface area contributed by atoms with Crippen molar-refractivity contribution in [3.05, 3.63) is 95.6 Å². The summed E-state index contributed by atoms with van der Waals surface area (Å²) in [5, 5.41) is 18.4. The van der Waals surface area contributed by atoms with Crippen molar-refractivity contribution in [3.8, 4) is 11.1 Å². The number of aliphatic carboxylic acids is 1. The molecule has 0 saturated heterocycles. The summed E-state index contributed by atoms with van der Waals surface area (Å²) in [5.74, 6) is -1.14. The molecular weight excluding hydrogens is 354 g/mol. The average molecular weight is 377 g/mol. The van der Waals surface area contributed by atoms with E-state index in [1.54, 1.807) is 12.1 Å². The summed E-state index contributed by atoms with van der Waals surface area (Å²) in [6.45, 7) is 0. The monoisotopic (exact) mass is 377 g/mol. The Hall–Kier alpha value is -2.99. The Morgan fingerprint density at radius 1 is 0.929 bits per heavy atom. The minimum Gasteiger partial charge on any atom is -0.480 e. The van der Waals surface area contributed by atoms with Crippen LogP contribution in [0.25, 0.3) is 11.1 Å². The second-order valence-corrected chi connectivity index (χ2v) is 6.52. The Bertz CT molecular complexity index is 883. The summed E-state index contributed by atoms with van der Waals surface area (Å²) < 4.78 is 0. The number of hydrogen-bond acceptors (Lipinski definition) is 4. The maximum atomic E-state index is 10.8. The molecule has 5 heteroatoms. The van der Waals surface area contributed by atoms with Crippen LogP contribution in [0.3, 0.4) is 0 Å². The fraction of sp³-hybridized carbons (Fsp3) is 0.174. The summed E-state index contributed by atoms with van der Waals surface area (Å²) in [4.78, 5) is 15.3. The van der Waals surface area contributed by atoms with Gasteiger partial charge in [-0.15, -0.1) is 0 Å². The van der Waals surface area contributed by atoms with E-state index >= 15 is 0 Å². The van der Waals surface area contributed by atoms with Crippen molar-refractivity contribution < 1.29 is 19.9 Å². The van der Waals surface area contributed by atoms with Gasteiger partial charge in [0, 0.05) is 6.42 Å². The fourth-order valence-electron chi connectivity index (χ4n) is 3.30. The predicted molar refractivity (Wildman–Crippen MR) is 107 cm³/mol. The zero-order valence-corrected chi connectivity index (χ0v) is 15.7. The highest BCUT2D eigenvalue weighted by molar-refractivity contribution is 5.76. The average Bonchev–Trinajstić information content (AvgIpc) is 3.11. The van der Waals surface area contributed by atoms with Crippen molar-refractivity contribution in [1.82, 2.24) is 5.23 Å². The number of fused-ring (bicyclic) bond motifs is 3. The van der Waals surface area contributed by atoms with Crippen LogP contribution in [0.15, 0.2) is 78.9 Å². The molecule has 144 valence electrons. The predicted octanol–water partition coefficient (Wildman–Crippen LogP) is 4.19. The summed E-state index contributed by atoms with van der Waals surface area (Å²) in [5.41, 5.74) is 6.57. The Morgan fingerprint density at radius 2 is 1.43 bits per heavy atom.